The van der Waals surface area contributed by atoms with E-state index in [0.29, 0.717) is 23.6 Å². The normalized spacial score (nSPS) is 9.42. The van der Waals surface area contributed by atoms with Gasteiger partial charge < -0.3 is 14.8 Å². The van der Waals surface area contributed by atoms with Crippen molar-refractivity contribution in [3.05, 3.63) is 18.2 Å². The zero-order chi connectivity index (χ0) is 14.3. The molecule has 0 aliphatic rings. The molecule has 0 aromatic heterocycles. The van der Waals surface area contributed by atoms with Crippen molar-refractivity contribution in [1.82, 2.24) is 10.9 Å². The van der Waals surface area contributed by atoms with E-state index < -0.39 is 0 Å². The Morgan fingerprint density at radius 2 is 2.00 bits per heavy atom. The van der Waals surface area contributed by atoms with Crippen molar-refractivity contribution in [1.29, 1.82) is 0 Å². The number of hydrogen-bond acceptors (Lipinski definition) is 4. The maximum absolute atomic E-state index is 11.1. The number of carbonyl (C=O) groups is 1. The number of methoxy groups -OCH3 is 2. The summed E-state index contributed by atoms with van der Waals surface area (Å²) in [4.78, 5) is 11.1. The third-order valence-electron chi connectivity index (χ3n) is 2.29. The van der Waals surface area contributed by atoms with Crippen LogP contribution in [-0.4, -0.2) is 25.2 Å². The Balaban J connectivity index is 2.69. The molecule has 0 bridgehead atoms. The predicted octanol–water partition coefficient (Wildman–Crippen LogP) is 1.43. The van der Waals surface area contributed by atoms with Gasteiger partial charge in [0.05, 0.1) is 19.9 Å². The van der Waals surface area contributed by atoms with E-state index in [0.717, 1.165) is 0 Å². The highest BCUT2D eigenvalue weighted by atomic mass is 32.1. The summed E-state index contributed by atoms with van der Waals surface area (Å²) in [6.07, 6.45) is 0.373. The van der Waals surface area contributed by atoms with E-state index in [4.69, 9.17) is 21.7 Å². The second-order valence-electron chi connectivity index (χ2n) is 3.55. The molecule has 3 N–H and O–H groups in total. The van der Waals surface area contributed by atoms with E-state index in [2.05, 4.69) is 16.2 Å². The van der Waals surface area contributed by atoms with Gasteiger partial charge in [0, 0.05) is 12.5 Å². The molecule has 0 heterocycles. The van der Waals surface area contributed by atoms with E-state index >= 15 is 0 Å². The first-order valence-electron chi connectivity index (χ1n) is 5.68. The smallest absolute Gasteiger partial charge is 0.238 e. The maximum Gasteiger partial charge on any atom is 0.238 e. The molecule has 0 radical (unpaired) electrons. The third-order valence-corrected chi connectivity index (χ3v) is 2.50. The number of hydrogen-bond donors (Lipinski definition) is 3. The minimum Gasteiger partial charge on any atom is -0.497 e. The number of ether oxygens (including phenoxy) is 2. The fraction of sp³-hybridized carbons (Fsp3) is 0.333. The Hall–Kier alpha value is -2.02. The topological polar surface area (TPSA) is 71.6 Å². The lowest BCUT2D eigenvalue weighted by molar-refractivity contribution is -0.121. The van der Waals surface area contributed by atoms with Gasteiger partial charge in [0.1, 0.15) is 11.5 Å². The fourth-order valence-electron chi connectivity index (χ4n) is 1.28. The van der Waals surface area contributed by atoms with E-state index in [9.17, 15) is 4.79 Å². The van der Waals surface area contributed by atoms with E-state index in [-0.39, 0.29) is 11.0 Å². The van der Waals surface area contributed by atoms with Crippen molar-refractivity contribution in [2.45, 2.75) is 13.3 Å². The molecule has 1 amide bonds. The molecule has 0 unspecified atom stereocenters. The van der Waals surface area contributed by atoms with Crippen LogP contribution in [0, 0.1) is 0 Å². The molecular weight excluding hydrogens is 266 g/mol. The van der Waals surface area contributed by atoms with Gasteiger partial charge in [-0.3, -0.25) is 15.6 Å². The molecule has 0 saturated carbocycles. The molecule has 0 aliphatic carbocycles. The number of benzene rings is 1. The maximum atomic E-state index is 11.1. The first-order valence-corrected chi connectivity index (χ1v) is 6.09. The Kier molecular flexibility index (Phi) is 5.87. The SMILES string of the molecule is CCC(=O)NNC(=S)Nc1cc(OC)ccc1OC. The highest BCUT2D eigenvalue weighted by Gasteiger charge is 2.07. The van der Waals surface area contributed by atoms with Crippen LogP contribution < -0.4 is 25.6 Å². The van der Waals surface area contributed by atoms with Crippen LogP contribution in [0.15, 0.2) is 18.2 Å². The molecular formula is C12H17N3O3S. The number of anilines is 1. The van der Waals surface area contributed by atoms with Gasteiger partial charge in [-0.15, -0.1) is 0 Å². The summed E-state index contributed by atoms with van der Waals surface area (Å²) in [6, 6.07) is 5.28. The molecule has 0 saturated heterocycles. The van der Waals surface area contributed by atoms with Crippen LogP contribution in [0.2, 0.25) is 0 Å². The summed E-state index contributed by atoms with van der Waals surface area (Å²) in [5, 5.41) is 3.17. The molecule has 0 aliphatic heterocycles. The minimum absolute atomic E-state index is 0.151. The number of carbonyl (C=O) groups excluding carboxylic acids is 1. The summed E-state index contributed by atoms with van der Waals surface area (Å²) < 4.78 is 10.3. The van der Waals surface area contributed by atoms with Crippen molar-refractivity contribution >= 4 is 28.9 Å². The average molecular weight is 283 g/mol. The summed E-state index contributed by atoms with van der Waals surface area (Å²) in [5.74, 6) is 1.14. The molecule has 19 heavy (non-hydrogen) atoms. The van der Waals surface area contributed by atoms with Crippen LogP contribution in [0.4, 0.5) is 5.69 Å². The van der Waals surface area contributed by atoms with Gasteiger partial charge in [0.15, 0.2) is 5.11 Å². The van der Waals surface area contributed by atoms with E-state index in [1.165, 1.54) is 0 Å². The van der Waals surface area contributed by atoms with Crippen LogP contribution in [0.3, 0.4) is 0 Å². The quantitative estimate of drug-likeness (QED) is 0.573. The lowest BCUT2D eigenvalue weighted by atomic mass is 10.2. The largest absolute Gasteiger partial charge is 0.497 e. The van der Waals surface area contributed by atoms with E-state index in [1.807, 2.05) is 0 Å². The Labute approximate surface area is 117 Å². The zero-order valence-corrected chi connectivity index (χ0v) is 11.9. The molecule has 1 aromatic carbocycles. The average Bonchev–Trinajstić information content (AvgIpc) is 2.44. The highest BCUT2D eigenvalue weighted by molar-refractivity contribution is 7.80. The Morgan fingerprint density at radius 1 is 1.26 bits per heavy atom. The lowest BCUT2D eigenvalue weighted by Gasteiger charge is -2.14. The predicted molar refractivity (Wildman–Crippen MR) is 77.3 cm³/mol. The zero-order valence-electron chi connectivity index (χ0n) is 11.1. The Morgan fingerprint density at radius 3 is 2.58 bits per heavy atom. The van der Waals surface area contributed by atoms with E-state index in [1.54, 1.807) is 39.3 Å². The van der Waals surface area contributed by atoms with Gasteiger partial charge >= 0.3 is 0 Å². The third kappa shape index (κ3) is 4.63. The number of amides is 1. The lowest BCUT2D eigenvalue weighted by Crippen LogP contribution is -2.43. The van der Waals surface area contributed by atoms with Gasteiger partial charge in [-0.05, 0) is 24.4 Å². The Bertz CT molecular complexity index is 466. The molecule has 0 atom stereocenters. The number of nitrogens with one attached hydrogen (secondary N) is 3. The van der Waals surface area contributed by atoms with Crippen LogP contribution in [-0.2, 0) is 4.79 Å². The summed E-state index contributed by atoms with van der Waals surface area (Å²) in [7, 11) is 3.13. The summed E-state index contributed by atoms with van der Waals surface area (Å²) >= 11 is 5.06. The van der Waals surface area contributed by atoms with Gasteiger partial charge in [-0.1, -0.05) is 6.92 Å². The van der Waals surface area contributed by atoms with Crippen molar-refractivity contribution < 1.29 is 14.3 Å². The minimum atomic E-state index is -0.151. The molecule has 1 aromatic rings. The monoisotopic (exact) mass is 283 g/mol. The molecule has 1 rings (SSSR count). The van der Waals surface area contributed by atoms with Gasteiger partial charge in [-0.25, -0.2) is 0 Å². The molecule has 6 nitrogen and oxygen atoms in total. The summed E-state index contributed by atoms with van der Waals surface area (Å²) in [5.41, 5.74) is 5.69. The van der Waals surface area contributed by atoms with Crippen LogP contribution in [0.5, 0.6) is 11.5 Å². The van der Waals surface area contributed by atoms with Crippen molar-refractivity contribution in [2.24, 2.45) is 0 Å². The van der Waals surface area contributed by atoms with Gasteiger partial charge in [-0.2, -0.15) is 0 Å². The van der Waals surface area contributed by atoms with Crippen molar-refractivity contribution in [3.63, 3.8) is 0 Å². The molecule has 0 spiro atoms. The van der Waals surface area contributed by atoms with Crippen LogP contribution in [0.1, 0.15) is 13.3 Å². The number of rotatable bonds is 4. The van der Waals surface area contributed by atoms with Gasteiger partial charge in [0.25, 0.3) is 0 Å². The molecule has 7 heteroatoms. The highest BCUT2D eigenvalue weighted by Crippen LogP contribution is 2.28. The molecule has 104 valence electrons. The fourth-order valence-corrected chi connectivity index (χ4v) is 1.44. The number of thiocarbonyl (C=S) groups is 1. The van der Waals surface area contributed by atoms with Crippen molar-refractivity contribution in [3.8, 4) is 11.5 Å². The second kappa shape index (κ2) is 7.42. The first-order chi connectivity index (χ1) is 9.10. The van der Waals surface area contributed by atoms with Crippen LogP contribution in [0.25, 0.3) is 0 Å². The molecule has 0 fully saturated rings. The standard InChI is InChI=1S/C12H17N3O3S/c1-4-11(16)14-15-12(19)13-9-7-8(17-2)5-6-10(9)18-3/h5-7H,4H2,1-3H3,(H,14,16)(H2,13,15,19). The number of hydrazine groups is 1. The van der Waals surface area contributed by atoms with Crippen molar-refractivity contribution in [2.75, 3.05) is 19.5 Å². The first kappa shape index (κ1) is 15.0. The second-order valence-corrected chi connectivity index (χ2v) is 3.96. The summed E-state index contributed by atoms with van der Waals surface area (Å²) in [6.45, 7) is 1.75. The van der Waals surface area contributed by atoms with Gasteiger partial charge in [0.2, 0.25) is 5.91 Å². The van der Waals surface area contributed by atoms with Crippen LogP contribution >= 0.6 is 12.2 Å².